The smallest absolute Gasteiger partial charge is 0.337 e. The molecule has 0 atom stereocenters. The minimum atomic E-state index is -1.14. The first kappa shape index (κ1) is 15.8. The monoisotopic (exact) mass is 286 g/mol. The molecule has 0 fully saturated rings. The van der Waals surface area contributed by atoms with Gasteiger partial charge in [0.2, 0.25) is 0 Å². The molecule has 0 radical (unpaired) electrons. The lowest BCUT2D eigenvalue weighted by atomic mass is 10.2. The highest BCUT2D eigenvalue weighted by Gasteiger charge is 2.13. The van der Waals surface area contributed by atoms with Crippen molar-refractivity contribution in [1.82, 2.24) is 4.90 Å². The van der Waals surface area contributed by atoms with Crippen LogP contribution in [0.15, 0.2) is 17.0 Å². The Morgan fingerprint density at radius 3 is 2.58 bits per heavy atom. The van der Waals surface area contributed by atoms with Crippen LogP contribution in [0, 0.1) is 5.82 Å². The Morgan fingerprint density at radius 2 is 2.05 bits per heavy atom. The van der Waals surface area contributed by atoms with E-state index in [0.717, 1.165) is 25.7 Å². The number of carbonyl (C=O) groups is 1. The molecule has 0 aliphatic heterocycles. The van der Waals surface area contributed by atoms with E-state index >= 15 is 0 Å². The molecular weight excluding hydrogens is 267 g/mol. The van der Waals surface area contributed by atoms with E-state index in [4.69, 9.17) is 10.8 Å². The largest absolute Gasteiger partial charge is 0.478 e. The fourth-order valence-corrected chi connectivity index (χ4v) is 2.66. The van der Waals surface area contributed by atoms with Crippen LogP contribution < -0.4 is 5.73 Å². The van der Waals surface area contributed by atoms with Crippen LogP contribution in [0.2, 0.25) is 0 Å². The minimum Gasteiger partial charge on any atom is -0.478 e. The second-order valence-corrected chi connectivity index (χ2v) is 5.19. The van der Waals surface area contributed by atoms with Crippen LogP contribution in [-0.4, -0.2) is 41.4 Å². The number of nitrogens with two attached hydrogens (primary N) is 1. The van der Waals surface area contributed by atoms with E-state index in [0.29, 0.717) is 10.6 Å². The standard InChI is InChI=1S/C13H19FN2O2S/c1-3-16(4-2)5-6-19-12-7-9(13(17)18)11(15)8-10(12)14/h7-8H,3-6,15H2,1-2H3,(H,17,18). The van der Waals surface area contributed by atoms with E-state index in [1.54, 1.807) is 0 Å². The van der Waals surface area contributed by atoms with Crippen molar-refractivity contribution in [2.24, 2.45) is 0 Å². The van der Waals surface area contributed by atoms with Gasteiger partial charge in [-0.15, -0.1) is 11.8 Å². The van der Waals surface area contributed by atoms with Gasteiger partial charge in [-0.05, 0) is 25.2 Å². The molecule has 0 amide bonds. The number of anilines is 1. The number of hydrogen-bond acceptors (Lipinski definition) is 4. The third kappa shape index (κ3) is 4.40. The van der Waals surface area contributed by atoms with E-state index in [2.05, 4.69) is 18.7 Å². The molecular formula is C13H19FN2O2S. The van der Waals surface area contributed by atoms with Gasteiger partial charge in [-0.2, -0.15) is 0 Å². The summed E-state index contributed by atoms with van der Waals surface area (Å²) in [6, 6.07) is 2.38. The topological polar surface area (TPSA) is 66.6 Å². The average Bonchev–Trinajstić information content (AvgIpc) is 2.36. The Bertz CT molecular complexity index is 451. The molecule has 1 aromatic rings. The quantitative estimate of drug-likeness (QED) is 0.595. The molecule has 1 aromatic carbocycles. The molecule has 0 saturated heterocycles. The highest BCUT2D eigenvalue weighted by Crippen LogP contribution is 2.26. The first-order valence-corrected chi connectivity index (χ1v) is 7.15. The summed E-state index contributed by atoms with van der Waals surface area (Å²) in [5, 5.41) is 8.95. The molecule has 0 aromatic heterocycles. The Morgan fingerprint density at radius 1 is 1.42 bits per heavy atom. The summed E-state index contributed by atoms with van der Waals surface area (Å²) in [4.78, 5) is 13.5. The van der Waals surface area contributed by atoms with Gasteiger partial charge in [-0.1, -0.05) is 13.8 Å². The number of rotatable bonds is 7. The van der Waals surface area contributed by atoms with Crippen molar-refractivity contribution in [2.45, 2.75) is 18.7 Å². The van der Waals surface area contributed by atoms with Crippen molar-refractivity contribution >= 4 is 23.4 Å². The molecule has 4 nitrogen and oxygen atoms in total. The molecule has 19 heavy (non-hydrogen) atoms. The van der Waals surface area contributed by atoms with Crippen molar-refractivity contribution in [1.29, 1.82) is 0 Å². The van der Waals surface area contributed by atoms with E-state index in [9.17, 15) is 9.18 Å². The number of nitrogen functional groups attached to an aromatic ring is 1. The fourth-order valence-electron chi connectivity index (χ4n) is 1.69. The first-order chi connectivity index (χ1) is 8.99. The number of thioether (sulfide) groups is 1. The minimum absolute atomic E-state index is 0.0434. The van der Waals surface area contributed by atoms with Gasteiger partial charge in [0.05, 0.1) is 5.56 Å². The SMILES string of the molecule is CCN(CC)CCSc1cc(C(=O)O)c(N)cc1F. The highest BCUT2D eigenvalue weighted by molar-refractivity contribution is 7.99. The van der Waals surface area contributed by atoms with Crippen LogP contribution in [0.5, 0.6) is 0 Å². The fraction of sp³-hybridized carbons (Fsp3) is 0.462. The van der Waals surface area contributed by atoms with Gasteiger partial charge < -0.3 is 15.7 Å². The Hall–Kier alpha value is -1.27. The molecule has 0 heterocycles. The number of aromatic carboxylic acids is 1. The predicted octanol–water partition coefficient (Wildman–Crippen LogP) is 2.54. The summed E-state index contributed by atoms with van der Waals surface area (Å²) in [6.45, 7) is 6.87. The zero-order chi connectivity index (χ0) is 14.4. The molecule has 0 aliphatic rings. The second kappa shape index (κ2) is 7.35. The summed E-state index contributed by atoms with van der Waals surface area (Å²) in [5.41, 5.74) is 5.38. The van der Waals surface area contributed by atoms with Crippen molar-refractivity contribution < 1.29 is 14.3 Å². The Balaban J connectivity index is 2.73. The van der Waals surface area contributed by atoms with Crippen molar-refractivity contribution in [3.8, 4) is 0 Å². The van der Waals surface area contributed by atoms with Gasteiger partial charge >= 0.3 is 5.97 Å². The average molecular weight is 286 g/mol. The van der Waals surface area contributed by atoms with Gasteiger partial charge in [0.1, 0.15) is 5.82 Å². The lowest BCUT2D eigenvalue weighted by Gasteiger charge is -2.17. The van der Waals surface area contributed by atoms with Gasteiger partial charge in [0.15, 0.2) is 0 Å². The van der Waals surface area contributed by atoms with Gasteiger partial charge in [-0.3, -0.25) is 0 Å². The van der Waals surface area contributed by atoms with Crippen LogP contribution in [0.3, 0.4) is 0 Å². The lowest BCUT2D eigenvalue weighted by Crippen LogP contribution is -2.25. The number of nitrogens with zero attached hydrogens (tertiary/aromatic N) is 1. The first-order valence-electron chi connectivity index (χ1n) is 6.17. The number of carboxylic acids is 1. The van der Waals surface area contributed by atoms with E-state index in [1.165, 1.54) is 17.8 Å². The summed E-state index contributed by atoms with van der Waals surface area (Å²) in [6.07, 6.45) is 0. The Kier molecular flexibility index (Phi) is 6.11. The Labute approximate surface area is 116 Å². The number of carboxylic acid groups (broad SMARTS) is 1. The lowest BCUT2D eigenvalue weighted by molar-refractivity contribution is 0.0697. The molecule has 0 saturated carbocycles. The zero-order valence-electron chi connectivity index (χ0n) is 11.1. The molecule has 106 valence electrons. The number of benzene rings is 1. The summed E-state index contributed by atoms with van der Waals surface area (Å²) in [5.74, 6) is -0.892. The van der Waals surface area contributed by atoms with Crippen LogP contribution in [-0.2, 0) is 0 Å². The van der Waals surface area contributed by atoms with Crippen LogP contribution >= 0.6 is 11.8 Å². The van der Waals surface area contributed by atoms with Gasteiger partial charge in [0.25, 0.3) is 0 Å². The molecule has 6 heteroatoms. The van der Waals surface area contributed by atoms with E-state index in [-0.39, 0.29) is 11.3 Å². The van der Waals surface area contributed by atoms with Crippen LogP contribution in [0.25, 0.3) is 0 Å². The predicted molar refractivity (Wildman–Crippen MR) is 76.3 cm³/mol. The molecule has 0 spiro atoms. The second-order valence-electron chi connectivity index (χ2n) is 4.05. The summed E-state index contributed by atoms with van der Waals surface area (Å²) < 4.78 is 13.7. The van der Waals surface area contributed by atoms with Crippen molar-refractivity contribution in [3.05, 3.63) is 23.5 Å². The summed E-state index contributed by atoms with van der Waals surface area (Å²) in [7, 11) is 0. The van der Waals surface area contributed by atoms with Crippen LogP contribution in [0.4, 0.5) is 10.1 Å². The van der Waals surface area contributed by atoms with E-state index < -0.39 is 11.8 Å². The maximum atomic E-state index is 13.7. The van der Waals surface area contributed by atoms with Gasteiger partial charge in [0, 0.05) is 22.9 Å². The van der Waals surface area contributed by atoms with Crippen molar-refractivity contribution in [3.63, 3.8) is 0 Å². The number of halogens is 1. The molecule has 1 rings (SSSR count). The summed E-state index contributed by atoms with van der Waals surface area (Å²) >= 11 is 1.31. The molecule has 3 N–H and O–H groups in total. The van der Waals surface area contributed by atoms with E-state index in [1.807, 2.05) is 0 Å². The third-order valence-corrected chi connectivity index (χ3v) is 3.90. The third-order valence-electron chi connectivity index (χ3n) is 2.89. The maximum absolute atomic E-state index is 13.7. The van der Waals surface area contributed by atoms with Crippen molar-refractivity contribution in [2.75, 3.05) is 31.1 Å². The normalized spacial score (nSPS) is 10.9. The highest BCUT2D eigenvalue weighted by atomic mass is 32.2. The zero-order valence-corrected chi connectivity index (χ0v) is 12.0. The molecule has 0 bridgehead atoms. The molecule has 0 unspecified atom stereocenters. The number of hydrogen-bond donors (Lipinski definition) is 2. The maximum Gasteiger partial charge on any atom is 0.337 e. The van der Waals surface area contributed by atoms with Gasteiger partial charge in [-0.25, -0.2) is 9.18 Å². The van der Waals surface area contributed by atoms with Crippen LogP contribution in [0.1, 0.15) is 24.2 Å². The molecule has 0 aliphatic carbocycles.